The van der Waals surface area contributed by atoms with Crippen molar-refractivity contribution in [1.82, 2.24) is 15.6 Å². The topological polar surface area (TPSA) is 78.8 Å². The van der Waals surface area contributed by atoms with Gasteiger partial charge in [-0.25, -0.2) is 4.99 Å². The zero-order valence-corrected chi connectivity index (χ0v) is 18.4. The number of aromatic nitrogens is 1. The molecule has 1 atom stereocenters. The predicted octanol–water partition coefficient (Wildman–Crippen LogP) is 3.28. The van der Waals surface area contributed by atoms with Gasteiger partial charge in [-0.3, -0.25) is 4.98 Å². The Bertz CT molecular complexity index is 695. The third-order valence-corrected chi connectivity index (χ3v) is 3.55. The van der Waals surface area contributed by atoms with Crippen molar-refractivity contribution in [2.45, 2.75) is 39.5 Å². The fraction of sp³-hybridized carbons (Fsp3) is 0.400. The first-order chi connectivity index (χ1) is 12.6. The fourth-order valence-electron chi connectivity index (χ4n) is 2.37. The monoisotopic (exact) mass is 484 g/mol. The number of nitrogens with zero attached hydrogens (tertiary/aromatic N) is 2. The van der Waals surface area contributed by atoms with Crippen LogP contribution < -0.4 is 15.4 Å². The van der Waals surface area contributed by atoms with Gasteiger partial charge in [0.15, 0.2) is 5.96 Å². The Labute approximate surface area is 178 Å². The summed E-state index contributed by atoms with van der Waals surface area (Å²) in [5, 5.41) is 16.8. The van der Waals surface area contributed by atoms with Crippen LogP contribution in [-0.2, 0) is 6.54 Å². The molecule has 0 amide bonds. The number of aliphatic imine (C=N–C) groups is 1. The van der Waals surface area contributed by atoms with Crippen LogP contribution in [-0.4, -0.2) is 35.2 Å². The van der Waals surface area contributed by atoms with Gasteiger partial charge in [0.25, 0.3) is 0 Å². The molecule has 1 unspecified atom stereocenters. The Balaban J connectivity index is 0.00000364. The number of hydrogen-bond acceptors (Lipinski definition) is 4. The van der Waals surface area contributed by atoms with Crippen molar-refractivity contribution < 1.29 is 9.84 Å². The summed E-state index contributed by atoms with van der Waals surface area (Å²) in [7, 11) is 0. The van der Waals surface area contributed by atoms with Crippen molar-refractivity contribution in [3.63, 3.8) is 0 Å². The lowest BCUT2D eigenvalue weighted by Crippen LogP contribution is -2.39. The third-order valence-electron chi connectivity index (χ3n) is 3.55. The Morgan fingerprint density at radius 2 is 2.00 bits per heavy atom. The van der Waals surface area contributed by atoms with Crippen molar-refractivity contribution in [2.75, 3.05) is 13.1 Å². The first kappa shape index (κ1) is 23.2. The Hall–Kier alpha value is -1.87. The molecule has 0 aliphatic heterocycles. The molecule has 1 aromatic heterocycles. The minimum atomic E-state index is -0.663. The minimum Gasteiger partial charge on any atom is -0.491 e. The second kappa shape index (κ2) is 12.5. The lowest BCUT2D eigenvalue weighted by molar-refractivity contribution is 0.179. The van der Waals surface area contributed by atoms with E-state index >= 15 is 0 Å². The van der Waals surface area contributed by atoms with Gasteiger partial charge in [0.05, 0.1) is 24.4 Å². The van der Waals surface area contributed by atoms with Gasteiger partial charge in [-0.2, -0.15) is 0 Å². The Kier molecular flexibility index (Phi) is 10.7. The third kappa shape index (κ3) is 8.57. The molecule has 0 aliphatic rings. The highest BCUT2D eigenvalue weighted by Crippen LogP contribution is 2.19. The molecule has 0 saturated heterocycles. The van der Waals surface area contributed by atoms with Crippen molar-refractivity contribution in [3.8, 4) is 5.75 Å². The molecule has 6 nitrogen and oxygen atoms in total. The van der Waals surface area contributed by atoms with Crippen LogP contribution in [0.4, 0.5) is 0 Å². The van der Waals surface area contributed by atoms with Crippen LogP contribution in [0.1, 0.15) is 38.1 Å². The molecule has 0 radical (unpaired) electrons. The smallest absolute Gasteiger partial charge is 0.191 e. The van der Waals surface area contributed by atoms with E-state index in [2.05, 4.69) is 20.6 Å². The molecule has 2 rings (SSSR count). The second-order valence-corrected chi connectivity index (χ2v) is 6.15. The number of hydrogen-bond donors (Lipinski definition) is 3. The van der Waals surface area contributed by atoms with Crippen LogP contribution in [0.25, 0.3) is 0 Å². The van der Waals surface area contributed by atoms with Crippen molar-refractivity contribution in [1.29, 1.82) is 0 Å². The summed E-state index contributed by atoms with van der Waals surface area (Å²) >= 11 is 0. The molecule has 0 spiro atoms. The van der Waals surface area contributed by atoms with Crippen molar-refractivity contribution >= 4 is 29.9 Å². The molecular weight excluding hydrogens is 455 g/mol. The van der Waals surface area contributed by atoms with Crippen LogP contribution in [0.15, 0.2) is 53.7 Å². The molecule has 2 aromatic rings. The largest absolute Gasteiger partial charge is 0.491 e. The summed E-state index contributed by atoms with van der Waals surface area (Å²) in [5.41, 5.74) is 1.69. The summed E-state index contributed by atoms with van der Waals surface area (Å²) in [5.74, 6) is 1.40. The highest BCUT2D eigenvalue weighted by atomic mass is 127. The Morgan fingerprint density at radius 1 is 1.19 bits per heavy atom. The maximum absolute atomic E-state index is 10.5. The molecule has 1 heterocycles. The van der Waals surface area contributed by atoms with Gasteiger partial charge in [-0.15, -0.1) is 24.0 Å². The van der Waals surface area contributed by atoms with E-state index in [0.717, 1.165) is 23.6 Å². The zero-order valence-electron chi connectivity index (χ0n) is 16.1. The quantitative estimate of drug-likeness (QED) is 0.305. The molecule has 27 heavy (non-hydrogen) atoms. The number of ether oxygens (including phenoxy) is 1. The van der Waals surface area contributed by atoms with Gasteiger partial charge in [0, 0.05) is 19.3 Å². The molecular formula is C20H29IN4O2. The molecule has 0 bridgehead atoms. The SMILES string of the molecule is CCNC(=NCc1ccccn1)NCC(O)c1cccc(OC(C)C)c1.I. The number of pyridine rings is 1. The van der Waals surface area contributed by atoms with Crippen LogP contribution >= 0.6 is 24.0 Å². The standard InChI is InChI=1S/C20H28N4O2.HI/c1-4-21-20(23-13-17-9-5-6-11-22-17)24-14-19(25)16-8-7-10-18(12-16)26-15(2)3;/h5-12,15,19,25H,4,13-14H2,1-3H3,(H2,21,23,24);1H. The van der Waals surface area contributed by atoms with E-state index in [9.17, 15) is 5.11 Å². The van der Waals surface area contributed by atoms with E-state index in [1.165, 1.54) is 0 Å². The average Bonchev–Trinajstić information content (AvgIpc) is 2.64. The lowest BCUT2D eigenvalue weighted by atomic mass is 10.1. The molecule has 0 saturated carbocycles. The highest BCUT2D eigenvalue weighted by molar-refractivity contribution is 14.0. The molecule has 1 aromatic carbocycles. The van der Waals surface area contributed by atoms with Gasteiger partial charge in [-0.1, -0.05) is 18.2 Å². The van der Waals surface area contributed by atoms with Crippen molar-refractivity contribution in [3.05, 3.63) is 59.9 Å². The van der Waals surface area contributed by atoms with E-state index in [-0.39, 0.29) is 30.1 Å². The molecule has 0 aliphatic carbocycles. The molecule has 0 fully saturated rings. The first-order valence-corrected chi connectivity index (χ1v) is 8.95. The summed E-state index contributed by atoms with van der Waals surface area (Å²) in [6.45, 7) is 7.52. The Morgan fingerprint density at radius 3 is 2.67 bits per heavy atom. The normalized spacial score (nSPS) is 12.3. The average molecular weight is 484 g/mol. The van der Waals surface area contributed by atoms with Crippen LogP contribution in [0.5, 0.6) is 5.75 Å². The summed E-state index contributed by atoms with van der Waals surface area (Å²) in [6.07, 6.45) is 1.19. The highest BCUT2D eigenvalue weighted by Gasteiger charge is 2.10. The van der Waals surface area contributed by atoms with E-state index < -0.39 is 6.10 Å². The van der Waals surface area contributed by atoms with Crippen LogP contribution in [0.3, 0.4) is 0 Å². The van der Waals surface area contributed by atoms with E-state index in [4.69, 9.17) is 4.74 Å². The molecule has 7 heteroatoms. The summed E-state index contributed by atoms with van der Waals surface area (Å²) in [6, 6.07) is 13.3. The minimum absolute atomic E-state index is 0. The van der Waals surface area contributed by atoms with E-state index in [1.807, 2.05) is 63.2 Å². The first-order valence-electron chi connectivity index (χ1n) is 8.95. The van der Waals surface area contributed by atoms with Crippen LogP contribution in [0.2, 0.25) is 0 Å². The zero-order chi connectivity index (χ0) is 18.8. The van der Waals surface area contributed by atoms with Crippen LogP contribution in [0, 0.1) is 0 Å². The number of aliphatic hydroxyl groups excluding tert-OH is 1. The summed E-state index contributed by atoms with van der Waals surface area (Å²) in [4.78, 5) is 8.76. The predicted molar refractivity (Wildman–Crippen MR) is 120 cm³/mol. The maximum Gasteiger partial charge on any atom is 0.191 e. The number of halogens is 1. The van der Waals surface area contributed by atoms with Gasteiger partial charge < -0.3 is 20.5 Å². The molecule has 3 N–H and O–H groups in total. The molecule has 148 valence electrons. The van der Waals surface area contributed by atoms with Gasteiger partial charge in [0.1, 0.15) is 5.75 Å². The van der Waals surface area contributed by atoms with E-state index in [0.29, 0.717) is 19.0 Å². The summed E-state index contributed by atoms with van der Waals surface area (Å²) < 4.78 is 5.68. The second-order valence-electron chi connectivity index (χ2n) is 6.15. The van der Waals surface area contributed by atoms with Gasteiger partial charge in [0.2, 0.25) is 0 Å². The van der Waals surface area contributed by atoms with Crippen molar-refractivity contribution in [2.24, 2.45) is 4.99 Å². The fourth-order valence-corrected chi connectivity index (χ4v) is 2.37. The number of aliphatic hydroxyl groups is 1. The van der Waals surface area contributed by atoms with E-state index in [1.54, 1.807) is 6.20 Å². The number of benzene rings is 1. The maximum atomic E-state index is 10.5. The van der Waals surface area contributed by atoms with Gasteiger partial charge in [-0.05, 0) is 50.6 Å². The lowest BCUT2D eigenvalue weighted by Gasteiger charge is -2.17. The van der Waals surface area contributed by atoms with Gasteiger partial charge >= 0.3 is 0 Å². The number of nitrogens with one attached hydrogen (secondary N) is 2. The number of rotatable bonds is 8. The number of guanidine groups is 1.